The topological polar surface area (TPSA) is 83.5 Å². The van der Waals surface area contributed by atoms with E-state index in [0.717, 1.165) is 6.07 Å². The molecule has 0 saturated carbocycles. The van der Waals surface area contributed by atoms with E-state index < -0.39 is 22.0 Å². The second kappa shape index (κ2) is 5.87. The van der Waals surface area contributed by atoms with Gasteiger partial charge in [-0.3, -0.25) is 0 Å². The highest BCUT2D eigenvalue weighted by Crippen LogP contribution is 2.17. The number of nitrogens with one attached hydrogen (secondary N) is 1. The molecular formula is C13H15NO4S. The number of aromatic carboxylic acids is 1. The van der Waals surface area contributed by atoms with Crippen LogP contribution in [0, 0.1) is 19.3 Å². The Labute approximate surface area is 112 Å². The number of terminal acetylenes is 1. The lowest BCUT2D eigenvalue weighted by atomic mass is 10.1. The van der Waals surface area contributed by atoms with Crippen LogP contribution in [0.3, 0.4) is 0 Å². The van der Waals surface area contributed by atoms with Gasteiger partial charge in [0.2, 0.25) is 10.0 Å². The fourth-order valence-electron chi connectivity index (χ4n) is 1.51. The lowest BCUT2D eigenvalue weighted by Crippen LogP contribution is -2.33. The molecule has 5 nitrogen and oxygen atoms in total. The first-order valence-electron chi connectivity index (χ1n) is 5.64. The molecule has 0 spiro atoms. The Morgan fingerprint density at radius 2 is 2.16 bits per heavy atom. The quantitative estimate of drug-likeness (QED) is 0.799. The average molecular weight is 281 g/mol. The summed E-state index contributed by atoms with van der Waals surface area (Å²) in [4.78, 5) is 10.8. The summed E-state index contributed by atoms with van der Waals surface area (Å²) in [5, 5.41) is 8.89. The number of rotatable bonds is 5. The minimum absolute atomic E-state index is 0.0684. The average Bonchev–Trinajstić information content (AvgIpc) is 2.35. The molecule has 102 valence electrons. The van der Waals surface area contributed by atoms with Crippen LogP contribution in [0.4, 0.5) is 0 Å². The predicted octanol–water partition coefficient (Wildman–Crippen LogP) is 1.38. The molecule has 0 aliphatic carbocycles. The van der Waals surface area contributed by atoms with Crippen LogP contribution in [-0.2, 0) is 10.0 Å². The van der Waals surface area contributed by atoms with Crippen molar-refractivity contribution in [3.63, 3.8) is 0 Å². The Morgan fingerprint density at radius 3 is 2.63 bits per heavy atom. The summed E-state index contributed by atoms with van der Waals surface area (Å²) >= 11 is 0. The van der Waals surface area contributed by atoms with Gasteiger partial charge in [0.1, 0.15) is 0 Å². The summed E-state index contributed by atoms with van der Waals surface area (Å²) in [6.45, 7) is 3.35. The highest BCUT2D eigenvalue weighted by Gasteiger charge is 2.21. The monoisotopic (exact) mass is 281 g/mol. The fraction of sp³-hybridized carbons (Fsp3) is 0.308. The summed E-state index contributed by atoms with van der Waals surface area (Å²) in [6, 6.07) is 3.32. The Bertz CT molecular complexity index is 629. The molecule has 0 heterocycles. The number of hydrogen-bond acceptors (Lipinski definition) is 3. The van der Waals surface area contributed by atoms with Gasteiger partial charge in [0.25, 0.3) is 0 Å². The molecule has 6 heteroatoms. The van der Waals surface area contributed by atoms with Gasteiger partial charge in [-0.2, -0.15) is 4.72 Å². The van der Waals surface area contributed by atoms with Crippen molar-refractivity contribution in [1.29, 1.82) is 0 Å². The Balaban J connectivity index is 3.25. The van der Waals surface area contributed by atoms with Crippen molar-refractivity contribution in [2.75, 3.05) is 0 Å². The van der Waals surface area contributed by atoms with Gasteiger partial charge in [0.15, 0.2) is 0 Å². The lowest BCUT2D eigenvalue weighted by molar-refractivity contribution is 0.0696. The maximum Gasteiger partial charge on any atom is 0.335 e. The zero-order chi connectivity index (χ0) is 14.6. The molecule has 0 fully saturated rings. The molecule has 0 bridgehead atoms. The summed E-state index contributed by atoms with van der Waals surface area (Å²) in [7, 11) is -3.83. The maximum atomic E-state index is 12.2. The van der Waals surface area contributed by atoms with Crippen LogP contribution in [0.25, 0.3) is 0 Å². The highest BCUT2D eigenvalue weighted by molar-refractivity contribution is 7.89. The first kappa shape index (κ1) is 15.2. The van der Waals surface area contributed by atoms with Crippen LogP contribution in [0.2, 0.25) is 0 Å². The van der Waals surface area contributed by atoms with E-state index in [4.69, 9.17) is 11.5 Å². The van der Waals surface area contributed by atoms with Crippen molar-refractivity contribution in [2.45, 2.75) is 31.2 Å². The zero-order valence-corrected chi connectivity index (χ0v) is 11.5. The third-order valence-corrected chi connectivity index (χ3v) is 4.25. The molecule has 0 radical (unpaired) electrons. The molecule has 0 aliphatic heterocycles. The lowest BCUT2D eigenvalue weighted by Gasteiger charge is -2.13. The second-order valence-corrected chi connectivity index (χ2v) is 5.72. The molecular weight excluding hydrogens is 266 g/mol. The van der Waals surface area contributed by atoms with E-state index in [0.29, 0.717) is 12.0 Å². The largest absolute Gasteiger partial charge is 0.478 e. The van der Waals surface area contributed by atoms with Crippen LogP contribution in [0.1, 0.15) is 29.3 Å². The molecule has 0 aliphatic rings. The number of aryl methyl sites for hydroxylation is 1. The van der Waals surface area contributed by atoms with Crippen molar-refractivity contribution >= 4 is 16.0 Å². The molecule has 0 aromatic heterocycles. The Morgan fingerprint density at radius 1 is 1.53 bits per heavy atom. The molecule has 1 atom stereocenters. The first-order valence-corrected chi connectivity index (χ1v) is 7.12. The van der Waals surface area contributed by atoms with Gasteiger partial charge in [-0.1, -0.05) is 18.9 Å². The number of sulfonamides is 1. The van der Waals surface area contributed by atoms with Crippen LogP contribution in [0.5, 0.6) is 0 Å². The summed E-state index contributed by atoms with van der Waals surface area (Å²) in [5.74, 6) is 1.15. The standard InChI is InChI=1S/C13H15NO4S/c1-4-11(5-2)14-19(17,18)12-8-10(13(15)16)7-6-9(12)3/h1,6-8,11,14H,5H2,2-3H3,(H,15,16). The van der Waals surface area contributed by atoms with Gasteiger partial charge in [-0.15, -0.1) is 6.42 Å². The van der Waals surface area contributed by atoms with Gasteiger partial charge in [0.05, 0.1) is 16.5 Å². The third-order valence-electron chi connectivity index (χ3n) is 2.63. The van der Waals surface area contributed by atoms with Gasteiger partial charge in [-0.05, 0) is 31.0 Å². The van der Waals surface area contributed by atoms with Crippen molar-refractivity contribution in [1.82, 2.24) is 4.72 Å². The zero-order valence-electron chi connectivity index (χ0n) is 10.7. The number of carbonyl (C=O) groups is 1. The smallest absolute Gasteiger partial charge is 0.335 e. The molecule has 1 unspecified atom stereocenters. The van der Waals surface area contributed by atoms with E-state index in [2.05, 4.69) is 10.6 Å². The minimum Gasteiger partial charge on any atom is -0.478 e. The van der Waals surface area contributed by atoms with Crippen LogP contribution < -0.4 is 4.72 Å². The van der Waals surface area contributed by atoms with Gasteiger partial charge < -0.3 is 5.11 Å². The van der Waals surface area contributed by atoms with E-state index in [1.54, 1.807) is 13.8 Å². The summed E-state index contributed by atoms with van der Waals surface area (Å²) in [6.07, 6.45) is 5.67. The van der Waals surface area contributed by atoms with E-state index in [1.165, 1.54) is 12.1 Å². The molecule has 0 saturated heterocycles. The Hall–Kier alpha value is -1.84. The maximum absolute atomic E-state index is 12.2. The van der Waals surface area contributed by atoms with Gasteiger partial charge >= 0.3 is 5.97 Å². The molecule has 1 rings (SSSR count). The van der Waals surface area contributed by atoms with Crippen molar-refractivity contribution < 1.29 is 18.3 Å². The molecule has 19 heavy (non-hydrogen) atoms. The van der Waals surface area contributed by atoms with Crippen molar-refractivity contribution in [2.24, 2.45) is 0 Å². The Kier molecular flexibility index (Phi) is 4.70. The second-order valence-electron chi connectivity index (χ2n) is 4.03. The molecule has 1 aromatic rings. The van der Waals surface area contributed by atoms with E-state index in [9.17, 15) is 13.2 Å². The predicted molar refractivity (Wildman–Crippen MR) is 71.4 cm³/mol. The number of hydrogen-bond donors (Lipinski definition) is 2. The number of carboxylic acids is 1. The highest BCUT2D eigenvalue weighted by atomic mass is 32.2. The van der Waals surface area contributed by atoms with Crippen molar-refractivity contribution in [3.05, 3.63) is 29.3 Å². The molecule has 1 aromatic carbocycles. The summed E-state index contributed by atoms with van der Waals surface area (Å²) < 4.78 is 26.7. The summed E-state index contributed by atoms with van der Waals surface area (Å²) in [5.41, 5.74) is 0.379. The SMILES string of the molecule is C#CC(CC)NS(=O)(=O)c1cc(C(=O)O)ccc1C. The van der Waals surface area contributed by atoms with Gasteiger partial charge in [0, 0.05) is 0 Å². The minimum atomic E-state index is -3.83. The van der Waals surface area contributed by atoms with Crippen molar-refractivity contribution in [3.8, 4) is 12.3 Å². The van der Waals surface area contributed by atoms with Gasteiger partial charge in [-0.25, -0.2) is 13.2 Å². The van der Waals surface area contributed by atoms with E-state index in [-0.39, 0.29) is 10.5 Å². The first-order chi connectivity index (χ1) is 8.81. The molecule has 2 N–H and O–H groups in total. The van der Waals surface area contributed by atoms with Crippen LogP contribution in [-0.4, -0.2) is 25.5 Å². The number of carboxylic acid groups (broad SMARTS) is 1. The van der Waals surface area contributed by atoms with Crippen LogP contribution in [0.15, 0.2) is 23.1 Å². The fourth-order valence-corrected chi connectivity index (χ4v) is 3.02. The van der Waals surface area contributed by atoms with E-state index in [1.807, 2.05) is 0 Å². The molecule has 0 amide bonds. The normalized spacial score (nSPS) is 12.7. The van der Waals surface area contributed by atoms with Crippen LogP contribution >= 0.6 is 0 Å². The third kappa shape index (κ3) is 3.56. The number of benzene rings is 1. The van der Waals surface area contributed by atoms with E-state index >= 15 is 0 Å².